The minimum absolute atomic E-state index is 0.0648. The van der Waals surface area contributed by atoms with Crippen LogP contribution in [0.25, 0.3) is 0 Å². The topological polar surface area (TPSA) is 40.5 Å². The van der Waals surface area contributed by atoms with Crippen LogP contribution in [-0.2, 0) is 5.60 Å². The quantitative estimate of drug-likeness (QED) is 0.790. The van der Waals surface area contributed by atoms with Crippen molar-refractivity contribution in [2.75, 3.05) is 6.61 Å². The summed E-state index contributed by atoms with van der Waals surface area (Å²) in [7, 11) is 0. The van der Waals surface area contributed by atoms with Gasteiger partial charge in [0.2, 0.25) is 0 Å². The first kappa shape index (κ1) is 15.7. The molecule has 2 nitrogen and oxygen atoms in total. The van der Waals surface area contributed by atoms with Gasteiger partial charge < -0.3 is 10.2 Å². The van der Waals surface area contributed by atoms with Gasteiger partial charge in [-0.1, -0.05) is 56.1 Å². The van der Waals surface area contributed by atoms with Crippen LogP contribution in [0.15, 0.2) is 57.5 Å². The first-order valence-corrected chi connectivity index (χ1v) is 8.00. The highest BCUT2D eigenvalue weighted by Gasteiger charge is 2.30. The molecule has 0 heterocycles. The van der Waals surface area contributed by atoms with Crippen molar-refractivity contribution in [2.45, 2.75) is 18.4 Å². The lowest BCUT2D eigenvalue weighted by Crippen LogP contribution is -2.27. The number of aliphatic hydroxyl groups is 2. The SMILES string of the molecule is OCCCC(O)(c1ccc(Br)cc1)c1ccc(Br)cc1. The molecule has 0 aliphatic carbocycles. The van der Waals surface area contributed by atoms with Crippen LogP contribution in [0.5, 0.6) is 0 Å². The van der Waals surface area contributed by atoms with Crippen LogP contribution in [0.4, 0.5) is 0 Å². The third-order valence-electron chi connectivity index (χ3n) is 3.34. The van der Waals surface area contributed by atoms with Crippen LogP contribution in [0, 0.1) is 0 Å². The van der Waals surface area contributed by atoms with Crippen molar-refractivity contribution in [3.05, 3.63) is 68.6 Å². The Morgan fingerprint density at radius 1 is 0.800 bits per heavy atom. The first-order valence-electron chi connectivity index (χ1n) is 6.41. The molecule has 4 heteroatoms. The smallest absolute Gasteiger partial charge is 0.115 e. The molecular formula is C16H16Br2O2. The fourth-order valence-corrected chi connectivity index (χ4v) is 2.77. The standard InChI is InChI=1S/C16H16Br2O2/c17-14-6-2-12(3-7-14)16(20,10-1-11-19)13-4-8-15(18)9-5-13/h2-9,19-20H,1,10-11H2. The zero-order chi connectivity index (χ0) is 14.6. The van der Waals surface area contributed by atoms with E-state index in [1.54, 1.807) is 0 Å². The molecule has 0 aliphatic heterocycles. The van der Waals surface area contributed by atoms with Gasteiger partial charge in [-0.2, -0.15) is 0 Å². The average Bonchev–Trinajstić information content (AvgIpc) is 2.46. The molecule has 106 valence electrons. The summed E-state index contributed by atoms with van der Waals surface area (Å²) in [4.78, 5) is 0. The number of hydrogen-bond acceptors (Lipinski definition) is 2. The summed E-state index contributed by atoms with van der Waals surface area (Å²) in [6.45, 7) is 0.0648. The molecule has 2 aromatic rings. The van der Waals surface area contributed by atoms with Crippen LogP contribution in [0.2, 0.25) is 0 Å². The molecule has 0 saturated carbocycles. The number of hydrogen-bond donors (Lipinski definition) is 2. The van der Waals surface area contributed by atoms with Crippen LogP contribution >= 0.6 is 31.9 Å². The van der Waals surface area contributed by atoms with Gasteiger partial charge in [0.1, 0.15) is 5.60 Å². The zero-order valence-corrected chi connectivity index (χ0v) is 14.1. The highest BCUT2D eigenvalue weighted by Crippen LogP contribution is 2.35. The van der Waals surface area contributed by atoms with E-state index in [2.05, 4.69) is 31.9 Å². The Kier molecular flexibility index (Phi) is 5.38. The van der Waals surface area contributed by atoms with Gasteiger partial charge in [0.25, 0.3) is 0 Å². The molecule has 0 unspecified atom stereocenters. The summed E-state index contributed by atoms with van der Waals surface area (Å²) in [5.41, 5.74) is 0.581. The second kappa shape index (κ2) is 6.85. The van der Waals surface area contributed by atoms with E-state index in [4.69, 9.17) is 5.11 Å². The summed E-state index contributed by atoms with van der Waals surface area (Å²) >= 11 is 6.81. The number of benzene rings is 2. The van der Waals surface area contributed by atoms with Gasteiger partial charge in [0.15, 0.2) is 0 Å². The molecule has 0 saturated heterocycles. The zero-order valence-electron chi connectivity index (χ0n) is 10.9. The lowest BCUT2D eigenvalue weighted by Gasteiger charge is -2.29. The third kappa shape index (κ3) is 3.50. The number of halogens is 2. The molecular weight excluding hydrogens is 384 g/mol. The van der Waals surface area contributed by atoms with Crippen LogP contribution in [-0.4, -0.2) is 16.8 Å². The van der Waals surface area contributed by atoms with Crippen LogP contribution < -0.4 is 0 Å². The summed E-state index contributed by atoms with van der Waals surface area (Å²) < 4.78 is 1.95. The second-order valence-corrected chi connectivity index (χ2v) is 6.53. The Balaban J connectivity index is 2.43. The molecule has 0 atom stereocenters. The Labute approximate surface area is 135 Å². The fourth-order valence-electron chi connectivity index (χ4n) is 2.24. The molecule has 2 aromatic carbocycles. The lowest BCUT2D eigenvalue weighted by molar-refractivity contribution is 0.0625. The van der Waals surface area contributed by atoms with Gasteiger partial charge in [0.05, 0.1) is 0 Å². The van der Waals surface area contributed by atoms with E-state index in [9.17, 15) is 5.11 Å². The Morgan fingerprint density at radius 2 is 1.20 bits per heavy atom. The van der Waals surface area contributed by atoms with E-state index in [0.29, 0.717) is 12.8 Å². The lowest BCUT2D eigenvalue weighted by atomic mass is 9.83. The maximum absolute atomic E-state index is 11.1. The molecule has 0 aliphatic rings. The number of rotatable bonds is 5. The Bertz CT molecular complexity index is 504. The second-order valence-electron chi connectivity index (χ2n) is 4.70. The highest BCUT2D eigenvalue weighted by atomic mass is 79.9. The minimum Gasteiger partial charge on any atom is -0.396 e. The van der Waals surface area contributed by atoms with Crippen molar-refractivity contribution in [1.82, 2.24) is 0 Å². The van der Waals surface area contributed by atoms with Crippen molar-refractivity contribution >= 4 is 31.9 Å². The molecule has 0 radical (unpaired) electrons. The first-order chi connectivity index (χ1) is 9.56. The highest BCUT2D eigenvalue weighted by molar-refractivity contribution is 9.10. The molecule has 0 amide bonds. The molecule has 2 N–H and O–H groups in total. The van der Waals surface area contributed by atoms with Gasteiger partial charge in [-0.05, 0) is 48.2 Å². The molecule has 20 heavy (non-hydrogen) atoms. The van der Waals surface area contributed by atoms with E-state index in [1.807, 2.05) is 48.5 Å². The molecule has 0 aromatic heterocycles. The van der Waals surface area contributed by atoms with Crippen molar-refractivity contribution < 1.29 is 10.2 Å². The van der Waals surface area contributed by atoms with Crippen molar-refractivity contribution in [2.24, 2.45) is 0 Å². The largest absolute Gasteiger partial charge is 0.396 e. The summed E-state index contributed by atoms with van der Waals surface area (Å²) in [6.07, 6.45) is 1.02. The van der Waals surface area contributed by atoms with Crippen molar-refractivity contribution in [3.63, 3.8) is 0 Å². The van der Waals surface area contributed by atoms with E-state index in [-0.39, 0.29) is 6.61 Å². The van der Waals surface area contributed by atoms with Gasteiger partial charge >= 0.3 is 0 Å². The summed E-state index contributed by atoms with van der Waals surface area (Å²) in [6, 6.07) is 15.3. The fraction of sp³-hybridized carbons (Fsp3) is 0.250. The van der Waals surface area contributed by atoms with Gasteiger partial charge in [-0.25, -0.2) is 0 Å². The Morgan fingerprint density at radius 3 is 1.55 bits per heavy atom. The van der Waals surface area contributed by atoms with Crippen molar-refractivity contribution in [3.8, 4) is 0 Å². The van der Waals surface area contributed by atoms with E-state index in [1.165, 1.54) is 0 Å². The third-order valence-corrected chi connectivity index (χ3v) is 4.40. The van der Waals surface area contributed by atoms with E-state index < -0.39 is 5.60 Å². The van der Waals surface area contributed by atoms with E-state index in [0.717, 1.165) is 20.1 Å². The molecule has 2 rings (SSSR count). The minimum atomic E-state index is -1.08. The average molecular weight is 400 g/mol. The number of aliphatic hydroxyl groups excluding tert-OH is 1. The predicted molar refractivity (Wildman–Crippen MR) is 87.6 cm³/mol. The Hall–Kier alpha value is -0.680. The van der Waals surface area contributed by atoms with Gasteiger partial charge in [-0.3, -0.25) is 0 Å². The van der Waals surface area contributed by atoms with Gasteiger partial charge in [-0.15, -0.1) is 0 Å². The molecule has 0 fully saturated rings. The maximum atomic E-state index is 11.1. The normalized spacial score (nSPS) is 11.6. The summed E-state index contributed by atoms with van der Waals surface area (Å²) in [5.74, 6) is 0. The molecule has 0 bridgehead atoms. The van der Waals surface area contributed by atoms with Gasteiger partial charge in [0, 0.05) is 15.6 Å². The predicted octanol–water partition coefficient (Wildman–Crippen LogP) is 4.22. The molecule has 0 spiro atoms. The summed E-state index contributed by atoms with van der Waals surface area (Å²) in [5, 5.41) is 20.2. The van der Waals surface area contributed by atoms with Crippen LogP contribution in [0.1, 0.15) is 24.0 Å². The van der Waals surface area contributed by atoms with E-state index >= 15 is 0 Å². The monoisotopic (exact) mass is 398 g/mol. The van der Waals surface area contributed by atoms with Crippen LogP contribution in [0.3, 0.4) is 0 Å². The van der Waals surface area contributed by atoms with Crippen molar-refractivity contribution in [1.29, 1.82) is 0 Å². The maximum Gasteiger partial charge on any atom is 0.115 e.